The van der Waals surface area contributed by atoms with Gasteiger partial charge in [-0.15, -0.1) is 0 Å². The van der Waals surface area contributed by atoms with Crippen LogP contribution in [0.15, 0.2) is 34.8 Å². The van der Waals surface area contributed by atoms with Gasteiger partial charge in [-0.3, -0.25) is 15.0 Å². The predicted molar refractivity (Wildman–Crippen MR) is 78.0 cm³/mol. The van der Waals surface area contributed by atoms with Crippen molar-refractivity contribution in [1.82, 2.24) is 15.9 Å². The second-order valence-corrected chi connectivity index (χ2v) is 5.21. The van der Waals surface area contributed by atoms with Gasteiger partial charge in [0.1, 0.15) is 0 Å². The van der Waals surface area contributed by atoms with Crippen LogP contribution in [0.25, 0.3) is 10.8 Å². The van der Waals surface area contributed by atoms with Crippen molar-refractivity contribution in [2.45, 2.75) is 0 Å². The largest absolute Gasteiger partial charge is 0.348 e. The maximum Gasteiger partial charge on any atom is 0.348 e. The Kier molecular flexibility index (Phi) is 3.11. The van der Waals surface area contributed by atoms with Crippen molar-refractivity contribution in [3.05, 3.63) is 45.9 Å². The Labute approximate surface area is 127 Å². The zero-order chi connectivity index (χ0) is 15.1. The summed E-state index contributed by atoms with van der Waals surface area (Å²) in [6.45, 7) is 0. The van der Waals surface area contributed by atoms with Crippen LogP contribution in [0.3, 0.4) is 0 Å². The van der Waals surface area contributed by atoms with Gasteiger partial charge in [0, 0.05) is 9.86 Å². The van der Waals surface area contributed by atoms with E-state index in [0.29, 0.717) is 21.5 Å². The molecule has 0 saturated carbocycles. The molecule has 0 aromatic heterocycles. The monoisotopic (exact) mass is 348 g/mol. The van der Waals surface area contributed by atoms with Crippen LogP contribution in [-0.4, -0.2) is 22.9 Å². The number of carbonyl (C=O) groups is 3. The first kappa shape index (κ1) is 13.5. The van der Waals surface area contributed by atoms with Gasteiger partial charge >= 0.3 is 6.03 Å². The molecule has 1 aliphatic heterocycles. The standard InChI is InChI=1S/C13H9BrN4O3/c14-9-5-4-8-10-6(9)2-1-3-7(10)11(19)18(12(8)20)17-13(21)16-15/h1-5H,15H2,(H2,16,17,21). The van der Waals surface area contributed by atoms with Crippen molar-refractivity contribution in [2.24, 2.45) is 5.84 Å². The summed E-state index contributed by atoms with van der Waals surface area (Å²) in [4.78, 5) is 36.0. The average Bonchev–Trinajstić information content (AvgIpc) is 2.50. The Hall–Kier alpha value is -2.45. The number of benzene rings is 2. The van der Waals surface area contributed by atoms with Crippen molar-refractivity contribution >= 4 is 44.5 Å². The molecule has 2 aromatic carbocycles. The highest BCUT2D eigenvalue weighted by atomic mass is 79.9. The molecule has 21 heavy (non-hydrogen) atoms. The summed E-state index contributed by atoms with van der Waals surface area (Å²) in [6.07, 6.45) is 0. The molecule has 0 spiro atoms. The van der Waals surface area contributed by atoms with E-state index >= 15 is 0 Å². The van der Waals surface area contributed by atoms with Gasteiger partial charge in [0.2, 0.25) is 0 Å². The summed E-state index contributed by atoms with van der Waals surface area (Å²) in [5.74, 6) is 3.73. The van der Waals surface area contributed by atoms with E-state index in [1.807, 2.05) is 11.5 Å². The van der Waals surface area contributed by atoms with Crippen molar-refractivity contribution < 1.29 is 14.4 Å². The third kappa shape index (κ3) is 1.96. The van der Waals surface area contributed by atoms with E-state index in [-0.39, 0.29) is 0 Å². The molecular formula is C13H9BrN4O3. The van der Waals surface area contributed by atoms with Crippen LogP contribution in [0.5, 0.6) is 0 Å². The lowest BCUT2D eigenvalue weighted by Crippen LogP contribution is -2.55. The molecule has 7 nitrogen and oxygen atoms in total. The number of rotatable bonds is 1. The highest BCUT2D eigenvalue weighted by Gasteiger charge is 2.34. The lowest BCUT2D eigenvalue weighted by atomic mass is 9.95. The molecule has 0 fully saturated rings. The zero-order valence-electron chi connectivity index (χ0n) is 10.5. The first-order valence-electron chi connectivity index (χ1n) is 5.92. The summed E-state index contributed by atoms with van der Waals surface area (Å²) in [5.41, 5.74) is 4.59. The minimum Gasteiger partial charge on any atom is -0.275 e. The average molecular weight is 349 g/mol. The van der Waals surface area contributed by atoms with Gasteiger partial charge in [-0.25, -0.2) is 16.1 Å². The zero-order valence-corrected chi connectivity index (χ0v) is 12.1. The van der Waals surface area contributed by atoms with Crippen LogP contribution in [0.1, 0.15) is 20.7 Å². The Bertz CT molecular complexity index is 783. The minimum absolute atomic E-state index is 0.334. The number of halogens is 1. The number of hydrogen-bond donors (Lipinski definition) is 3. The fourth-order valence-electron chi connectivity index (χ4n) is 2.30. The van der Waals surface area contributed by atoms with Gasteiger partial charge in [0.05, 0.1) is 11.1 Å². The number of hydrazine groups is 2. The number of hydrogen-bond acceptors (Lipinski definition) is 4. The van der Waals surface area contributed by atoms with Crippen LogP contribution >= 0.6 is 15.9 Å². The van der Waals surface area contributed by atoms with E-state index in [1.165, 1.54) is 0 Å². The first-order valence-corrected chi connectivity index (χ1v) is 6.71. The highest BCUT2D eigenvalue weighted by Crippen LogP contribution is 2.33. The van der Waals surface area contributed by atoms with Gasteiger partial charge in [0.25, 0.3) is 11.8 Å². The quantitative estimate of drug-likeness (QED) is 0.312. The van der Waals surface area contributed by atoms with Gasteiger partial charge in [0.15, 0.2) is 0 Å². The Balaban J connectivity index is 2.22. The number of nitrogens with zero attached hydrogens (tertiary/aromatic N) is 1. The SMILES string of the molecule is NNC(=O)NN1C(=O)c2cccc3c(Br)ccc(c23)C1=O. The molecule has 4 N–H and O–H groups in total. The topological polar surface area (TPSA) is 105 Å². The van der Waals surface area contributed by atoms with Crippen LogP contribution in [0.2, 0.25) is 0 Å². The molecule has 0 atom stereocenters. The lowest BCUT2D eigenvalue weighted by Gasteiger charge is -2.27. The molecule has 0 bridgehead atoms. The van der Waals surface area contributed by atoms with E-state index < -0.39 is 17.8 Å². The maximum atomic E-state index is 12.4. The number of urea groups is 1. The summed E-state index contributed by atoms with van der Waals surface area (Å²) in [6, 6.07) is 7.58. The van der Waals surface area contributed by atoms with Crippen molar-refractivity contribution in [3.8, 4) is 0 Å². The molecule has 4 amide bonds. The van der Waals surface area contributed by atoms with E-state index in [9.17, 15) is 14.4 Å². The number of carbonyl (C=O) groups excluding carboxylic acids is 3. The smallest absolute Gasteiger partial charge is 0.275 e. The normalized spacial score (nSPS) is 13.5. The molecule has 106 valence electrons. The molecule has 1 aliphatic rings. The summed E-state index contributed by atoms with van der Waals surface area (Å²) in [7, 11) is 0. The number of nitrogens with two attached hydrogens (primary N) is 1. The van der Waals surface area contributed by atoms with Crippen molar-refractivity contribution in [2.75, 3.05) is 0 Å². The van der Waals surface area contributed by atoms with E-state index in [0.717, 1.165) is 9.86 Å². The summed E-state index contributed by atoms with van der Waals surface area (Å²) < 4.78 is 0.782. The molecule has 0 aliphatic carbocycles. The van der Waals surface area contributed by atoms with Gasteiger partial charge in [-0.1, -0.05) is 28.1 Å². The van der Waals surface area contributed by atoms with E-state index in [2.05, 4.69) is 21.4 Å². The minimum atomic E-state index is -0.857. The third-order valence-corrected chi connectivity index (χ3v) is 3.89. The summed E-state index contributed by atoms with van der Waals surface area (Å²) >= 11 is 3.39. The Morgan fingerprint density at radius 2 is 1.76 bits per heavy atom. The second kappa shape index (κ2) is 4.83. The highest BCUT2D eigenvalue weighted by molar-refractivity contribution is 9.10. The van der Waals surface area contributed by atoms with Crippen LogP contribution in [0, 0.1) is 0 Å². The Morgan fingerprint density at radius 1 is 1.10 bits per heavy atom. The maximum absolute atomic E-state index is 12.4. The van der Waals surface area contributed by atoms with Crippen LogP contribution < -0.4 is 16.7 Å². The molecule has 2 aromatic rings. The molecular weight excluding hydrogens is 340 g/mol. The fraction of sp³-hybridized carbons (Fsp3) is 0. The molecule has 0 unspecified atom stereocenters. The van der Waals surface area contributed by atoms with Crippen LogP contribution in [0.4, 0.5) is 4.79 Å². The Morgan fingerprint density at radius 3 is 2.43 bits per heavy atom. The third-order valence-electron chi connectivity index (χ3n) is 3.20. The van der Waals surface area contributed by atoms with Crippen LogP contribution in [-0.2, 0) is 0 Å². The molecule has 1 heterocycles. The van der Waals surface area contributed by atoms with Gasteiger partial charge in [-0.05, 0) is 23.6 Å². The van der Waals surface area contributed by atoms with Gasteiger partial charge in [-0.2, -0.15) is 5.01 Å². The lowest BCUT2D eigenvalue weighted by molar-refractivity contribution is 0.0542. The molecule has 8 heteroatoms. The molecule has 0 radical (unpaired) electrons. The second-order valence-electron chi connectivity index (χ2n) is 4.35. The number of imide groups is 1. The van der Waals surface area contributed by atoms with Gasteiger partial charge < -0.3 is 0 Å². The number of nitrogens with one attached hydrogen (secondary N) is 2. The predicted octanol–water partition coefficient (Wildman–Crippen LogP) is 1.29. The number of amides is 4. The molecule has 3 rings (SSSR count). The van der Waals surface area contributed by atoms with E-state index in [4.69, 9.17) is 5.84 Å². The molecule has 0 saturated heterocycles. The van der Waals surface area contributed by atoms with Crippen molar-refractivity contribution in [1.29, 1.82) is 0 Å². The fourth-order valence-corrected chi connectivity index (χ4v) is 2.76. The van der Waals surface area contributed by atoms with E-state index in [1.54, 1.807) is 24.3 Å². The summed E-state index contributed by atoms with van der Waals surface area (Å²) in [5, 5.41) is 1.97. The van der Waals surface area contributed by atoms with Crippen molar-refractivity contribution in [3.63, 3.8) is 0 Å². The first-order chi connectivity index (χ1) is 10.0.